The molecule has 1 aliphatic heterocycles. The average molecular weight is 170 g/mol. The molecule has 0 unspecified atom stereocenters. The van der Waals surface area contributed by atoms with Crippen molar-refractivity contribution in [3.05, 3.63) is 54.2 Å². The van der Waals surface area contributed by atoms with Crippen molar-refractivity contribution in [1.29, 1.82) is 0 Å². The minimum Gasteiger partial charge on any atom is -0.376 e. The molecule has 1 aliphatic rings. The zero-order valence-corrected chi connectivity index (χ0v) is 7.70. The molecule has 0 saturated heterocycles. The van der Waals surface area contributed by atoms with E-state index in [4.69, 9.17) is 0 Å². The van der Waals surface area contributed by atoms with E-state index in [0.717, 1.165) is 6.54 Å². The topological polar surface area (TPSA) is 3.24 Å². The molecule has 1 radical (unpaired) electrons. The smallest absolute Gasteiger partial charge is 0.0354 e. The van der Waals surface area contributed by atoms with Crippen molar-refractivity contribution in [2.45, 2.75) is 0 Å². The maximum atomic E-state index is 3.02. The van der Waals surface area contributed by atoms with Crippen LogP contribution in [0.1, 0.15) is 5.56 Å². The van der Waals surface area contributed by atoms with Crippen molar-refractivity contribution >= 4 is 5.57 Å². The number of likely N-dealkylation sites (N-methyl/N-ethyl adjacent to an activating group) is 1. The first-order valence-electron chi connectivity index (χ1n) is 4.41. The standard InChI is InChI=1S/C12H12N/c1-13-9-5-8-12(10-13)11-6-3-2-4-7-11/h3-8,10H,9H2,1H3. The van der Waals surface area contributed by atoms with Crippen molar-refractivity contribution in [3.8, 4) is 0 Å². The van der Waals surface area contributed by atoms with Gasteiger partial charge in [-0.3, -0.25) is 0 Å². The van der Waals surface area contributed by atoms with Gasteiger partial charge in [0.2, 0.25) is 0 Å². The van der Waals surface area contributed by atoms with Crippen molar-refractivity contribution in [2.24, 2.45) is 0 Å². The van der Waals surface area contributed by atoms with Gasteiger partial charge < -0.3 is 4.90 Å². The largest absolute Gasteiger partial charge is 0.376 e. The van der Waals surface area contributed by atoms with Gasteiger partial charge >= 0.3 is 0 Å². The molecule has 1 aromatic rings. The van der Waals surface area contributed by atoms with E-state index >= 15 is 0 Å². The summed E-state index contributed by atoms with van der Waals surface area (Å²) in [6.45, 7) is 1.00. The van der Waals surface area contributed by atoms with Crippen LogP contribution in [0, 0.1) is 6.07 Å². The van der Waals surface area contributed by atoms with Crippen LogP contribution in [-0.2, 0) is 0 Å². The quantitative estimate of drug-likeness (QED) is 0.625. The highest BCUT2D eigenvalue weighted by molar-refractivity contribution is 5.74. The number of hydrogen-bond donors (Lipinski definition) is 0. The predicted octanol–water partition coefficient (Wildman–Crippen LogP) is 2.33. The van der Waals surface area contributed by atoms with Gasteiger partial charge in [0, 0.05) is 19.8 Å². The lowest BCUT2D eigenvalue weighted by molar-refractivity contribution is 0.507. The highest BCUT2D eigenvalue weighted by Crippen LogP contribution is 2.18. The fourth-order valence-electron chi connectivity index (χ4n) is 1.43. The molecular weight excluding hydrogens is 158 g/mol. The molecule has 0 N–H and O–H groups in total. The van der Waals surface area contributed by atoms with Gasteiger partial charge in [0.15, 0.2) is 0 Å². The van der Waals surface area contributed by atoms with Gasteiger partial charge in [-0.15, -0.1) is 0 Å². The lowest BCUT2D eigenvalue weighted by Crippen LogP contribution is -2.13. The van der Waals surface area contributed by atoms with E-state index < -0.39 is 0 Å². The summed E-state index contributed by atoms with van der Waals surface area (Å²) < 4.78 is 0. The second kappa shape index (κ2) is 3.48. The Morgan fingerprint density at radius 2 is 2.08 bits per heavy atom. The molecule has 65 valence electrons. The van der Waals surface area contributed by atoms with Gasteiger partial charge in [-0.05, 0) is 17.2 Å². The molecule has 2 rings (SSSR count). The van der Waals surface area contributed by atoms with Crippen molar-refractivity contribution < 1.29 is 0 Å². The first kappa shape index (κ1) is 8.11. The molecule has 0 bridgehead atoms. The van der Waals surface area contributed by atoms with Crippen molar-refractivity contribution in [1.82, 2.24) is 4.90 Å². The number of hydrogen-bond acceptors (Lipinski definition) is 1. The zero-order valence-electron chi connectivity index (χ0n) is 7.70. The predicted molar refractivity (Wildman–Crippen MR) is 55.0 cm³/mol. The molecule has 1 heterocycles. The Hall–Kier alpha value is -1.50. The van der Waals surface area contributed by atoms with Crippen LogP contribution in [-0.4, -0.2) is 18.5 Å². The minimum atomic E-state index is 1.00. The molecule has 0 aliphatic carbocycles. The van der Waals surface area contributed by atoms with Gasteiger partial charge in [-0.1, -0.05) is 36.4 Å². The Balaban J connectivity index is 2.32. The normalized spacial score (nSPS) is 15.8. The van der Waals surface area contributed by atoms with Crippen LogP contribution in [0.3, 0.4) is 0 Å². The Bertz CT molecular complexity index is 335. The second-order valence-electron chi connectivity index (χ2n) is 3.22. The van der Waals surface area contributed by atoms with E-state index in [0.29, 0.717) is 0 Å². The number of rotatable bonds is 1. The zero-order chi connectivity index (χ0) is 9.10. The molecule has 0 spiro atoms. The fourth-order valence-corrected chi connectivity index (χ4v) is 1.43. The van der Waals surface area contributed by atoms with E-state index in [-0.39, 0.29) is 0 Å². The van der Waals surface area contributed by atoms with Crippen LogP contribution in [0.25, 0.3) is 5.57 Å². The van der Waals surface area contributed by atoms with Crippen LogP contribution in [0.4, 0.5) is 0 Å². The summed E-state index contributed by atoms with van der Waals surface area (Å²) in [6.07, 6.45) is 6.50. The van der Waals surface area contributed by atoms with Gasteiger partial charge in [0.1, 0.15) is 0 Å². The van der Waals surface area contributed by atoms with Crippen molar-refractivity contribution in [3.63, 3.8) is 0 Å². The third kappa shape index (κ3) is 1.81. The van der Waals surface area contributed by atoms with Crippen LogP contribution in [0.5, 0.6) is 0 Å². The molecule has 1 heteroatoms. The summed E-state index contributed by atoms with van der Waals surface area (Å²) in [5, 5.41) is 0. The van der Waals surface area contributed by atoms with Crippen LogP contribution >= 0.6 is 0 Å². The number of benzene rings is 1. The first-order valence-corrected chi connectivity index (χ1v) is 4.41. The fraction of sp³-hybridized carbons (Fsp3) is 0.167. The van der Waals surface area contributed by atoms with E-state index in [1.807, 2.05) is 12.1 Å². The summed E-state index contributed by atoms with van der Waals surface area (Å²) >= 11 is 0. The van der Waals surface area contributed by atoms with Gasteiger partial charge in [-0.2, -0.15) is 0 Å². The van der Waals surface area contributed by atoms with Crippen molar-refractivity contribution in [2.75, 3.05) is 13.6 Å². The number of allylic oxidation sites excluding steroid dienone is 2. The van der Waals surface area contributed by atoms with Gasteiger partial charge in [0.25, 0.3) is 0 Å². The first-order chi connectivity index (χ1) is 6.36. The monoisotopic (exact) mass is 170 g/mol. The average Bonchev–Trinajstić information content (AvgIpc) is 2.19. The van der Waals surface area contributed by atoms with E-state index in [1.165, 1.54) is 11.1 Å². The van der Waals surface area contributed by atoms with E-state index in [2.05, 4.69) is 48.5 Å². The number of nitrogens with zero attached hydrogens (tertiary/aromatic N) is 1. The highest BCUT2D eigenvalue weighted by atomic mass is 15.1. The second-order valence-corrected chi connectivity index (χ2v) is 3.22. The Kier molecular flexibility index (Phi) is 2.17. The molecule has 0 amide bonds. The molecule has 0 aromatic heterocycles. The third-order valence-corrected chi connectivity index (χ3v) is 2.10. The summed E-state index contributed by atoms with van der Waals surface area (Å²) in [5.74, 6) is 0. The molecule has 0 fully saturated rings. The molecular formula is C12H12N. The Morgan fingerprint density at radius 3 is 2.77 bits per heavy atom. The van der Waals surface area contributed by atoms with Crippen LogP contribution in [0.15, 0.2) is 42.6 Å². The summed E-state index contributed by atoms with van der Waals surface area (Å²) in [5.41, 5.74) is 2.52. The molecule has 0 saturated carbocycles. The van der Waals surface area contributed by atoms with E-state index in [9.17, 15) is 0 Å². The minimum absolute atomic E-state index is 1.00. The Morgan fingerprint density at radius 1 is 1.31 bits per heavy atom. The van der Waals surface area contributed by atoms with Gasteiger partial charge in [-0.25, -0.2) is 0 Å². The Labute approximate surface area is 79.0 Å². The van der Waals surface area contributed by atoms with E-state index in [1.54, 1.807) is 0 Å². The maximum absolute atomic E-state index is 3.02. The molecule has 1 nitrogen and oxygen atoms in total. The third-order valence-electron chi connectivity index (χ3n) is 2.10. The molecule has 13 heavy (non-hydrogen) atoms. The highest BCUT2D eigenvalue weighted by Gasteiger charge is 2.02. The lowest BCUT2D eigenvalue weighted by Gasteiger charge is -2.17. The molecule has 1 aromatic carbocycles. The summed E-state index contributed by atoms with van der Waals surface area (Å²) in [4.78, 5) is 2.17. The lowest BCUT2D eigenvalue weighted by atomic mass is 10.1. The molecule has 0 atom stereocenters. The SMILES string of the molecule is CN1C=C(c2cc[c]cc2)C=CC1. The summed E-state index contributed by atoms with van der Waals surface area (Å²) in [7, 11) is 2.08. The van der Waals surface area contributed by atoms with Crippen LogP contribution < -0.4 is 0 Å². The van der Waals surface area contributed by atoms with Crippen LogP contribution in [0.2, 0.25) is 0 Å². The maximum Gasteiger partial charge on any atom is 0.0354 e. The summed E-state index contributed by atoms with van der Waals surface area (Å²) in [6, 6.07) is 11.1. The van der Waals surface area contributed by atoms with Gasteiger partial charge in [0.05, 0.1) is 0 Å².